The van der Waals surface area contributed by atoms with Gasteiger partial charge in [-0.2, -0.15) is 13.2 Å². The molecule has 3 aromatic rings. The van der Waals surface area contributed by atoms with Crippen LogP contribution in [-0.2, 0) is 36.7 Å². The number of hydrogen-bond donors (Lipinski definition) is 2. The third kappa shape index (κ3) is 6.66. The number of carbonyl (C=O) groups is 1. The highest BCUT2D eigenvalue weighted by atomic mass is 19.4. The largest absolute Gasteiger partial charge is 0.419 e. The predicted octanol–water partition coefficient (Wildman–Crippen LogP) is 4.51. The van der Waals surface area contributed by atoms with E-state index in [0.717, 1.165) is 37.7 Å². The van der Waals surface area contributed by atoms with Gasteiger partial charge in [0.05, 0.1) is 17.7 Å². The van der Waals surface area contributed by atoms with Gasteiger partial charge in [-0.3, -0.25) is 4.79 Å². The van der Waals surface area contributed by atoms with Crippen LogP contribution >= 0.6 is 0 Å². The Kier molecular flexibility index (Phi) is 7.98. The molecule has 0 aliphatic carbocycles. The number of alkyl halides is 3. The van der Waals surface area contributed by atoms with Crippen LogP contribution < -0.4 is 11.1 Å². The van der Waals surface area contributed by atoms with Gasteiger partial charge < -0.3 is 11.1 Å². The molecule has 9 heteroatoms. The lowest BCUT2D eigenvalue weighted by Gasteiger charge is -2.23. The molecule has 0 unspecified atom stereocenters. The third-order valence-corrected chi connectivity index (χ3v) is 6.54. The van der Waals surface area contributed by atoms with Crippen molar-refractivity contribution < 1.29 is 22.4 Å². The zero-order valence-corrected chi connectivity index (χ0v) is 19.7. The standard InChI is InChI=1S/C27H28F4N4O/c28-22-7-5-19(21(14-22)15-25(32)36)6-8-24-23(27(29,30)31)16-34-26(35-24)13-17-1-3-18(4-2-17)20-9-11-33-12-10-20/h1-5,7,14,16,20,33H,6,8-13,15H2,(H2,32,36). The highest BCUT2D eigenvalue weighted by Crippen LogP contribution is 2.32. The number of benzene rings is 2. The van der Waals surface area contributed by atoms with E-state index in [4.69, 9.17) is 5.73 Å². The van der Waals surface area contributed by atoms with Gasteiger partial charge in [0.25, 0.3) is 0 Å². The molecule has 0 saturated carbocycles. The number of halogens is 4. The Morgan fingerprint density at radius 2 is 1.75 bits per heavy atom. The summed E-state index contributed by atoms with van der Waals surface area (Å²) < 4.78 is 54.6. The molecule has 1 amide bonds. The fourth-order valence-corrected chi connectivity index (χ4v) is 4.66. The second-order valence-corrected chi connectivity index (χ2v) is 9.14. The number of nitrogens with one attached hydrogen (secondary N) is 1. The van der Waals surface area contributed by atoms with Crippen molar-refractivity contribution in [2.75, 3.05) is 13.1 Å². The van der Waals surface area contributed by atoms with Gasteiger partial charge >= 0.3 is 6.18 Å². The van der Waals surface area contributed by atoms with E-state index in [2.05, 4.69) is 27.4 Å². The molecule has 0 bridgehead atoms. The van der Waals surface area contributed by atoms with E-state index in [9.17, 15) is 22.4 Å². The van der Waals surface area contributed by atoms with Crippen LogP contribution in [0.15, 0.2) is 48.7 Å². The number of amides is 1. The predicted molar refractivity (Wildman–Crippen MR) is 128 cm³/mol. The lowest BCUT2D eigenvalue weighted by Crippen LogP contribution is -2.26. The summed E-state index contributed by atoms with van der Waals surface area (Å²) in [5.41, 5.74) is 7.31. The first-order chi connectivity index (χ1) is 17.2. The molecule has 190 valence electrons. The maximum absolute atomic E-state index is 13.7. The van der Waals surface area contributed by atoms with Crippen molar-refractivity contribution in [1.29, 1.82) is 0 Å². The summed E-state index contributed by atoms with van der Waals surface area (Å²) in [5.74, 6) is -0.376. The van der Waals surface area contributed by atoms with E-state index < -0.39 is 23.5 Å². The molecule has 2 aromatic carbocycles. The van der Waals surface area contributed by atoms with E-state index in [1.54, 1.807) is 0 Å². The number of aryl methyl sites for hydroxylation is 2. The van der Waals surface area contributed by atoms with E-state index in [0.29, 0.717) is 29.3 Å². The lowest BCUT2D eigenvalue weighted by atomic mass is 9.89. The first-order valence-corrected chi connectivity index (χ1v) is 12.0. The lowest BCUT2D eigenvalue weighted by molar-refractivity contribution is -0.138. The minimum Gasteiger partial charge on any atom is -0.369 e. The van der Waals surface area contributed by atoms with E-state index in [-0.39, 0.29) is 25.0 Å². The van der Waals surface area contributed by atoms with Crippen molar-refractivity contribution in [1.82, 2.24) is 15.3 Å². The molecule has 36 heavy (non-hydrogen) atoms. The number of piperidine rings is 1. The van der Waals surface area contributed by atoms with Crippen LogP contribution in [-0.4, -0.2) is 29.0 Å². The Morgan fingerprint density at radius 3 is 2.42 bits per heavy atom. The molecule has 1 aromatic heterocycles. The molecule has 1 saturated heterocycles. The van der Waals surface area contributed by atoms with Crippen LogP contribution in [0.4, 0.5) is 17.6 Å². The normalized spacial score (nSPS) is 14.7. The molecule has 0 spiro atoms. The first-order valence-electron chi connectivity index (χ1n) is 12.0. The fourth-order valence-electron chi connectivity index (χ4n) is 4.66. The molecule has 5 nitrogen and oxygen atoms in total. The van der Waals surface area contributed by atoms with E-state index in [1.165, 1.54) is 23.8 Å². The van der Waals surface area contributed by atoms with Crippen molar-refractivity contribution in [3.8, 4) is 0 Å². The van der Waals surface area contributed by atoms with Gasteiger partial charge in [-0.15, -0.1) is 0 Å². The molecule has 0 atom stereocenters. The summed E-state index contributed by atoms with van der Waals surface area (Å²) in [6.07, 6.45) is -1.40. The Hall–Kier alpha value is -3.33. The maximum atomic E-state index is 13.7. The van der Waals surface area contributed by atoms with Gasteiger partial charge in [0.15, 0.2) is 0 Å². The fraction of sp³-hybridized carbons (Fsp3) is 0.370. The monoisotopic (exact) mass is 500 g/mol. The quantitative estimate of drug-likeness (QED) is 0.446. The van der Waals surface area contributed by atoms with Gasteiger partial charge in [-0.25, -0.2) is 14.4 Å². The number of nitrogens with zero attached hydrogens (tertiary/aromatic N) is 2. The average molecular weight is 501 g/mol. The summed E-state index contributed by atoms with van der Waals surface area (Å²) in [6, 6.07) is 12.0. The Bertz CT molecular complexity index is 1210. The van der Waals surface area contributed by atoms with Crippen molar-refractivity contribution in [3.63, 3.8) is 0 Å². The van der Waals surface area contributed by atoms with Crippen LogP contribution in [0.25, 0.3) is 0 Å². The number of primary amides is 1. The van der Waals surface area contributed by atoms with Gasteiger partial charge in [-0.1, -0.05) is 30.3 Å². The summed E-state index contributed by atoms with van der Waals surface area (Å²) in [6.45, 7) is 1.99. The Balaban J connectivity index is 1.53. The van der Waals surface area contributed by atoms with Gasteiger partial charge in [-0.05, 0) is 79.1 Å². The highest BCUT2D eigenvalue weighted by Gasteiger charge is 2.34. The number of carbonyl (C=O) groups excluding carboxylic acids is 1. The van der Waals surface area contributed by atoms with Crippen LogP contribution in [0.1, 0.15) is 58.1 Å². The smallest absolute Gasteiger partial charge is 0.369 e. The molecular formula is C27H28F4N4O. The molecule has 1 fully saturated rings. The highest BCUT2D eigenvalue weighted by molar-refractivity contribution is 5.77. The third-order valence-electron chi connectivity index (χ3n) is 6.54. The van der Waals surface area contributed by atoms with Crippen molar-refractivity contribution in [2.24, 2.45) is 5.73 Å². The maximum Gasteiger partial charge on any atom is 0.419 e. The van der Waals surface area contributed by atoms with Crippen LogP contribution in [0.5, 0.6) is 0 Å². The van der Waals surface area contributed by atoms with Crippen LogP contribution in [0.3, 0.4) is 0 Å². The number of rotatable bonds is 8. The number of hydrogen-bond acceptors (Lipinski definition) is 4. The van der Waals surface area contributed by atoms with Crippen molar-refractivity contribution in [2.45, 2.75) is 50.6 Å². The topological polar surface area (TPSA) is 80.9 Å². The van der Waals surface area contributed by atoms with Gasteiger partial charge in [0, 0.05) is 12.6 Å². The first kappa shape index (κ1) is 25.8. The minimum atomic E-state index is -4.61. The number of aromatic nitrogens is 2. The SMILES string of the molecule is NC(=O)Cc1cc(F)ccc1CCc1nc(Cc2ccc(C3CCNCC3)cc2)ncc1C(F)(F)F. The zero-order chi connectivity index (χ0) is 25.7. The second kappa shape index (κ2) is 11.2. The molecular weight excluding hydrogens is 472 g/mol. The van der Waals surface area contributed by atoms with E-state index >= 15 is 0 Å². The minimum absolute atomic E-state index is 0.0452. The molecule has 1 aliphatic heterocycles. The molecule has 0 radical (unpaired) electrons. The summed E-state index contributed by atoms with van der Waals surface area (Å²) in [5, 5.41) is 3.35. The second-order valence-electron chi connectivity index (χ2n) is 9.14. The Labute approximate surface area is 207 Å². The zero-order valence-electron chi connectivity index (χ0n) is 19.7. The molecule has 2 heterocycles. The van der Waals surface area contributed by atoms with Crippen LogP contribution in [0.2, 0.25) is 0 Å². The Morgan fingerprint density at radius 1 is 1.03 bits per heavy atom. The average Bonchev–Trinajstić information content (AvgIpc) is 2.84. The van der Waals surface area contributed by atoms with Crippen molar-refractivity contribution >= 4 is 5.91 Å². The molecule has 3 N–H and O–H groups in total. The molecule has 1 aliphatic rings. The van der Waals surface area contributed by atoms with Crippen LogP contribution in [0, 0.1) is 5.82 Å². The summed E-state index contributed by atoms with van der Waals surface area (Å²) >= 11 is 0. The van der Waals surface area contributed by atoms with Gasteiger partial charge in [0.2, 0.25) is 5.91 Å². The summed E-state index contributed by atoms with van der Waals surface area (Å²) in [7, 11) is 0. The van der Waals surface area contributed by atoms with E-state index in [1.807, 2.05) is 12.1 Å². The van der Waals surface area contributed by atoms with Gasteiger partial charge in [0.1, 0.15) is 11.6 Å². The molecule has 4 rings (SSSR count). The van der Waals surface area contributed by atoms with Crippen molar-refractivity contribution in [3.05, 3.63) is 93.8 Å². The number of nitrogens with two attached hydrogens (primary N) is 1. The summed E-state index contributed by atoms with van der Waals surface area (Å²) in [4.78, 5) is 19.6.